The Morgan fingerprint density at radius 2 is 2.11 bits per heavy atom. The highest BCUT2D eigenvalue weighted by atomic mass is 15.1. The Kier molecular flexibility index (Phi) is 2.81. The summed E-state index contributed by atoms with van der Waals surface area (Å²) in [6, 6.07) is 9.88. The lowest BCUT2D eigenvalue weighted by Gasteiger charge is -2.09. The molecule has 1 aliphatic rings. The van der Waals surface area contributed by atoms with Crippen molar-refractivity contribution in [1.29, 1.82) is 5.26 Å². The van der Waals surface area contributed by atoms with Gasteiger partial charge in [-0.15, -0.1) is 10.2 Å². The van der Waals surface area contributed by atoms with Gasteiger partial charge in [-0.25, -0.2) is 0 Å². The first-order valence-corrected chi connectivity index (χ1v) is 6.28. The summed E-state index contributed by atoms with van der Waals surface area (Å²) in [7, 11) is 0. The minimum atomic E-state index is 0.379. The largest absolute Gasteiger partial charge is 0.382 e. The van der Waals surface area contributed by atoms with Crippen LogP contribution in [0.2, 0.25) is 0 Å². The van der Waals surface area contributed by atoms with E-state index in [1.54, 1.807) is 0 Å². The average Bonchev–Trinajstić information content (AvgIpc) is 3.23. The monoisotopic (exact) mass is 238 g/mol. The number of rotatable bonds is 4. The quantitative estimate of drug-likeness (QED) is 0.889. The van der Waals surface area contributed by atoms with Crippen LogP contribution in [0.25, 0.3) is 10.9 Å². The Morgan fingerprint density at radius 3 is 2.89 bits per heavy atom. The van der Waals surface area contributed by atoms with Crippen molar-refractivity contribution in [1.82, 2.24) is 10.2 Å². The van der Waals surface area contributed by atoms with E-state index in [9.17, 15) is 0 Å². The zero-order valence-corrected chi connectivity index (χ0v) is 10.1. The van der Waals surface area contributed by atoms with Gasteiger partial charge in [0.15, 0.2) is 5.69 Å². The van der Waals surface area contributed by atoms with Gasteiger partial charge < -0.3 is 5.32 Å². The Morgan fingerprint density at radius 1 is 1.28 bits per heavy atom. The third-order valence-corrected chi connectivity index (χ3v) is 3.33. The summed E-state index contributed by atoms with van der Waals surface area (Å²) in [6.45, 7) is 0.898. The molecule has 0 bridgehead atoms. The maximum Gasteiger partial charge on any atom is 0.186 e. The summed E-state index contributed by atoms with van der Waals surface area (Å²) < 4.78 is 0. The number of nitrogens with zero attached hydrogens (tertiary/aromatic N) is 3. The van der Waals surface area contributed by atoms with Crippen molar-refractivity contribution in [2.75, 3.05) is 11.9 Å². The molecule has 1 heterocycles. The molecule has 4 nitrogen and oxygen atoms in total. The summed E-state index contributed by atoms with van der Waals surface area (Å²) in [5, 5.41) is 21.5. The lowest BCUT2D eigenvalue weighted by atomic mass is 10.1. The van der Waals surface area contributed by atoms with Crippen LogP contribution in [-0.4, -0.2) is 16.7 Å². The first-order chi connectivity index (χ1) is 8.88. The number of benzene rings is 1. The number of hydrogen-bond donors (Lipinski definition) is 1. The molecule has 0 aliphatic heterocycles. The standard InChI is InChI=1S/C14H14N4/c15-9-13-14(16-8-7-10-5-6-10)11-3-1-2-4-12(11)17-18-13/h1-4,10H,5-8H2,(H,16,17). The summed E-state index contributed by atoms with van der Waals surface area (Å²) in [6.07, 6.45) is 3.87. The van der Waals surface area contributed by atoms with Crippen LogP contribution in [0.1, 0.15) is 25.0 Å². The van der Waals surface area contributed by atoms with E-state index in [2.05, 4.69) is 21.6 Å². The van der Waals surface area contributed by atoms with E-state index < -0.39 is 0 Å². The Hall–Kier alpha value is -2.15. The maximum atomic E-state index is 9.11. The van der Waals surface area contributed by atoms with Gasteiger partial charge in [0.25, 0.3) is 0 Å². The maximum absolute atomic E-state index is 9.11. The van der Waals surface area contributed by atoms with Crippen molar-refractivity contribution in [3.63, 3.8) is 0 Å². The van der Waals surface area contributed by atoms with E-state index in [1.165, 1.54) is 19.3 Å². The smallest absolute Gasteiger partial charge is 0.186 e. The fourth-order valence-electron chi connectivity index (χ4n) is 2.12. The number of hydrogen-bond acceptors (Lipinski definition) is 4. The molecule has 90 valence electrons. The molecule has 1 aliphatic carbocycles. The highest BCUT2D eigenvalue weighted by Crippen LogP contribution is 2.32. The summed E-state index contributed by atoms with van der Waals surface area (Å²) in [4.78, 5) is 0. The molecule has 1 aromatic carbocycles. The van der Waals surface area contributed by atoms with Crippen LogP contribution in [0.3, 0.4) is 0 Å². The van der Waals surface area contributed by atoms with Gasteiger partial charge in [-0.05, 0) is 18.4 Å². The zero-order valence-electron chi connectivity index (χ0n) is 10.1. The van der Waals surface area contributed by atoms with Crippen molar-refractivity contribution in [3.8, 4) is 6.07 Å². The average molecular weight is 238 g/mol. The van der Waals surface area contributed by atoms with Crippen LogP contribution in [0.4, 0.5) is 5.69 Å². The van der Waals surface area contributed by atoms with Crippen LogP contribution in [0.15, 0.2) is 24.3 Å². The van der Waals surface area contributed by atoms with E-state index in [0.29, 0.717) is 5.69 Å². The lowest BCUT2D eigenvalue weighted by Crippen LogP contribution is -2.06. The van der Waals surface area contributed by atoms with Crippen LogP contribution in [0, 0.1) is 17.2 Å². The van der Waals surface area contributed by atoms with Crippen molar-refractivity contribution in [2.45, 2.75) is 19.3 Å². The molecular formula is C14H14N4. The molecule has 0 radical (unpaired) electrons. The predicted molar refractivity (Wildman–Crippen MR) is 70.1 cm³/mol. The van der Waals surface area contributed by atoms with E-state index >= 15 is 0 Å². The molecule has 0 spiro atoms. The van der Waals surface area contributed by atoms with Crippen molar-refractivity contribution >= 4 is 16.6 Å². The number of aromatic nitrogens is 2. The van der Waals surface area contributed by atoms with E-state index in [1.807, 2.05) is 24.3 Å². The highest BCUT2D eigenvalue weighted by Gasteiger charge is 2.20. The van der Waals surface area contributed by atoms with E-state index in [4.69, 9.17) is 5.26 Å². The van der Waals surface area contributed by atoms with Gasteiger partial charge in [0.1, 0.15) is 6.07 Å². The van der Waals surface area contributed by atoms with E-state index in [0.717, 1.165) is 29.1 Å². The molecule has 2 aromatic rings. The molecular weight excluding hydrogens is 224 g/mol. The van der Waals surface area contributed by atoms with Gasteiger partial charge in [0.05, 0.1) is 11.2 Å². The molecule has 1 saturated carbocycles. The second kappa shape index (κ2) is 4.61. The molecule has 1 fully saturated rings. The number of nitrogens with one attached hydrogen (secondary N) is 1. The third kappa shape index (κ3) is 2.12. The lowest BCUT2D eigenvalue weighted by molar-refractivity contribution is 0.760. The van der Waals surface area contributed by atoms with Gasteiger partial charge in [0, 0.05) is 11.9 Å². The topological polar surface area (TPSA) is 61.6 Å². The van der Waals surface area contributed by atoms with Crippen LogP contribution in [-0.2, 0) is 0 Å². The Labute approximate surface area is 106 Å². The molecule has 3 rings (SSSR count). The van der Waals surface area contributed by atoms with Gasteiger partial charge in [-0.3, -0.25) is 0 Å². The molecule has 18 heavy (non-hydrogen) atoms. The normalized spacial score (nSPS) is 14.4. The number of fused-ring (bicyclic) bond motifs is 1. The summed E-state index contributed by atoms with van der Waals surface area (Å²) in [5.41, 5.74) is 2.03. The molecule has 0 amide bonds. The predicted octanol–water partition coefficient (Wildman–Crippen LogP) is 2.71. The minimum absolute atomic E-state index is 0.379. The second-order valence-corrected chi connectivity index (χ2v) is 4.71. The Bertz CT molecular complexity index is 611. The van der Waals surface area contributed by atoms with Crippen molar-refractivity contribution in [2.24, 2.45) is 5.92 Å². The highest BCUT2D eigenvalue weighted by molar-refractivity contribution is 5.92. The summed E-state index contributed by atoms with van der Waals surface area (Å²) >= 11 is 0. The third-order valence-electron chi connectivity index (χ3n) is 3.33. The molecule has 1 aromatic heterocycles. The van der Waals surface area contributed by atoms with Gasteiger partial charge in [0.2, 0.25) is 0 Å². The number of anilines is 1. The fraction of sp³-hybridized carbons (Fsp3) is 0.357. The SMILES string of the molecule is N#Cc1nnc2ccccc2c1NCCC1CC1. The second-order valence-electron chi connectivity index (χ2n) is 4.71. The molecule has 1 N–H and O–H groups in total. The van der Waals surface area contributed by atoms with Gasteiger partial charge in [-0.1, -0.05) is 31.0 Å². The molecule has 0 saturated heterocycles. The molecule has 4 heteroatoms. The first kappa shape index (κ1) is 11.0. The first-order valence-electron chi connectivity index (χ1n) is 6.28. The van der Waals surface area contributed by atoms with Crippen LogP contribution >= 0.6 is 0 Å². The molecule has 0 unspecified atom stereocenters. The van der Waals surface area contributed by atoms with Crippen molar-refractivity contribution in [3.05, 3.63) is 30.0 Å². The summed E-state index contributed by atoms with van der Waals surface area (Å²) in [5.74, 6) is 0.879. The van der Waals surface area contributed by atoms with Gasteiger partial charge in [-0.2, -0.15) is 5.26 Å². The van der Waals surface area contributed by atoms with Crippen molar-refractivity contribution < 1.29 is 0 Å². The van der Waals surface area contributed by atoms with Crippen LogP contribution in [0.5, 0.6) is 0 Å². The molecule has 0 atom stereocenters. The zero-order chi connectivity index (χ0) is 12.4. The Balaban J connectivity index is 1.92. The van der Waals surface area contributed by atoms with Gasteiger partial charge >= 0.3 is 0 Å². The fourth-order valence-corrected chi connectivity index (χ4v) is 2.12. The minimum Gasteiger partial charge on any atom is -0.382 e. The number of nitriles is 1. The van der Waals surface area contributed by atoms with E-state index in [-0.39, 0.29) is 0 Å². The van der Waals surface area contributed by atoms with Crippen LogP contribution < -0.4 is 5.32 Å².